The maximum atomic E-state index is 12.5. The van der Waals surface area contributed by atoms with Crippen molar-refractivity contribution in [2.75, 3.05) is 25.0 Å². The molecule has 1 aromatic carbocycles. The predicted molar refractivity (Wildman–Crippen MR) is 98.7 cm³/mol. The van der Waals surface area contributed by atoms with Crippen molar-refractivity contribution in [2.24, 2.45) is 11.1 Å². The molecule has 6 nitrogen and oxygen atoms in total. The average molecular weight is 355 g/mol. The minimum absolute atomic E-state index is 0. The minimum atomic E-state index is -0.252. The SMILES string of the molecule is CC(C)NC(=O)Nc1ccc(C(=O)N2CCC(C)(CN)C2)cc1.Cl. The van der Waals surface area contributed by atoms with Gasteiger partial charge < -0.3 is 21.3 Å². The smallest absolute Gasteiger partial charge is 0.319 e. The molecule has 1 aliphatic rings. The molecule has 24 heavy (non-hydrogen) atoms. The van der Waals surface area contributed by atoms with Gasteiger partial charge in [-0.2, -0.15) is 0 Å². The number of halogens is 1. The lowest BCUT2D eigenvalue weighted by atomic mass is 9.90. The molecule has 1 unspecified atom stereocenters. The maximum absolute atomic E-state index is 12.5. The highest BCUT2D eigenvalue weighted by atomic mass is 35.5. The van der Waals surface area contributed by atoms with E-state index in [0.717, 1.165) is 13.0 Å². The molecule has 4 N–H and O–H groups in total. The number of amides is 3. The first-order valence-corrected chi connectivity index (χ1v) is 8.00. The van der Waals surface area contributed by atoms with Crippen LogP contribution in [-0.2, 0) is 0 Å². The summed E-state index contributed by atoms with van der Waals surface area (Å²) >= 11 is 0. The van der Waals surface area contributed by atoms with Crippen LogP contribution in [0.1, 0.15) is 37.6 Å². The van der Waals surface area contributed by atoms with E-state index in [2.05, 4.69) is 17.6 Å². The summed E-state index contributed by atoms with van der Waals surface area (Å²) in [7, 11) is 0. The largest absolute Gasteiger partial charge is 0.338 e. The molecule has 1 aromatic rings. The molecular weight excluding hydrogens is 328 g/mol. The lowest BCUT2D eigenvalue weighted by Crippen LogP contribution is -2.34. The quantitative estimate of drug-likeness (QED) is 0.776. The third kappa shape index (κ3) is 5.11. The van der Waals surface area contributed by atoms with Gasteiger partial charge in [0.25, 0.3) is 5.91 Å². The van der Waals surface area contributed by atoms with Crippen LogP contribution in [-0.4, -0.2) is 42.5 Å². The molecule has 1 atom stereocenters. The molecule has 2 rings (SSSR count). The Kier molecular flexibility index (Phi) is 7.05. The number of urea groups is 1. The second-order valence-electron chi connectivity index (χ2n) is 6.82. The van der Waals surface area contributed by atoms with Crippen LogP contribution in [0.5, 0.6) is 0 Å². The summed E-state index contributed by atoms with van der Waals surface area (Å²) in [4.78, 5) is 26.0. The predicted octanol–water partition coefficient (Wildman–Crippen LogP) is 2.45. The summed E-state index contributed by atoms with van der Waals surface area (Å²) in [5, 5.41) is 5.49. The van der Waals surface area contributed by atoms with E-state index in [9.17, 15) is 9.59 Å². The Morgan fingerprint density at radius 2 is 1.92 bits per heavy atom. The van der Waals surface area contributed by atoms with Gasteiger partial charge in [-0.1, -0.05) is 6.92 Å². The van der Waals surface area contributed by atoms with Gasteiger partial charge in [0.05, 0.1) is 0 Å². The summed E-state index contributed by atoms with van der Waals surface area (Å²) in [6.07, 6.45) is 0.935. The number of anilines is 1. The Labute approximate surface area is 149 Å². The van der Waals surface area contributed by atoms with Gasteiger partial charge in [0.15, 0.2) is 0 Å². The van der Waals surface area contributed by atoms with Crippen molar-refractivity contribution in [3.63, 3.8) is 0 Å². The van der Waals surface area contributed by atoms with Crippen molar-refractivity contribution in [3.05, 3.63) is 29.8 Å². The lowest BCUT2D eigenvalue weighted by molar-refractivity contribution is 0.0777. The van der Waals surface area contributed by atoms with E-state index >= 15 is 0 Å². The van der Waals surface area contributed by atoms with Crippen molar-refractivity contribution in [3.8, 4) is 0 Å². The van der Waals surface area contributed by atoms with Crippen molar-refractivity contribution >= 4 is 30.0 Å². The molecule has 3 amide bonds. The molecule has 0 aliphatic carbocycles. The van der Waals surface area contributed by atoms with Crippen molar-refractivity contribution in [1.82, 2.24) is 10.2 Å². The molecular formula is C17H27ClN4O2. The fourth-order valence-corrected chi connectivity index (χ4v) is 2.67. The van der Waals surface area contributed by atoms with Crippen LogP contribution in [0.3, 0.4) is 0 Å². The van der Waals surface area contributed by atoms with Gasteiger partial charge in [0.2, 0.25) is 0 Å². The Morgan fingerprint density at radius 1 is 1.29 bits per heavy atom. The number of hydrogen-bond donors (Lipinski definition) is 3. The number of nitrogens with one attached hydrogen (secondary N) is 2. The second-order valence-corrected chi connectivity index (χ2v) is 6.82. The van der Waals surface area contributed by atoms with Crippen LogP contribution in [0, 0.1) is 5.41 Å². The number of nitrogens with two attached hydrogens (primary N) is 1. The fourth-order valence-electron chi connectivity index (χ4n) is 2.67. The number of likely N-dealkylation sites (tertiary alicyclic amines) is 1. The average Bonchev–Trinajstić information content (AvgIpc) is 2.90. The number of rotatable bonds is 4. The summed E-state index contributed by atoms with van der Waals surface area (Å²) in [5.74, 6) is 0.0142. The third-order valence-electron chi connectivity index (χ3n) is 4.15. The first-order valence-electron chi connectivity index (χ1n) is 8.00. The van der Waals surface area contributed by atoms with Crippen LogP contribution >= 0.6 is 12.4 Å². The van der Waals surface area contributed by atoms with Crippen molar-refractivity contribution in [1.29, 1.82) is 0 Å². The van der Waals surface area contributed by atoms with Crippen LogP contribution in [0.4, 0.5) is 10.5 Å². The van der Waals surface area contributed by atoms with Gasteiger partial charge in [-0.3, -0.25) is 4.79 Å². The molecule has 1 saturated heterocycles. The van der Waals surface area contributed by atoms with E-state index in [0.29, 0.717) is 24.3 Å². The van der Waals surface area contributed by atoms with E-state index in [4.69, 9.17) is 5.73 Å². The van der Waals surface area contributed by atoms with Gasteiger partial charge in [0.1, 0.15) is 0 Å². The van der Waals surface area contributed by atoms with E-state index < -0.39 is 0 Å². The topological polar surface area (TPSA) is 87.5 Å². The van der Waals surface area contributed by atoms with Crippen LogP contribution in [0.15, 0.2) is 24.3 Å². The molecule has 134 valence electrons. The Morgan fingerprint density at radius 3 is 2.42 bits per heavy atom. The molecule has 0 bridgehead atoms. The van der Waals surface area contributed by atoms with Gasteiger partial charge in [-0.25, -0.2) is 4.79 Å². The second kappa shape index (κ2) is 8.35. The Bertz CT molecular complexity index is 576. The van der Waals surface area contributed by atoms with Crippen LogP contribution in [0.2, 0.25) is 0 Å². The standard InChI is InChI=1S/C17H26N4O2.ClH/c1-12(2)19-16(23)20-14-6-4-13(5-7-14)15(22)21-9-8-17(3,10-18)11-21;/h4-7,12H,8-11,18H2,1-3H3,(H2,19,20,23);1H. The molecule has 7 heteroatoms. The number of carbonyl (C=O) groups excluding carboxylic acids is 2. The maximum Gasteiger partial charge on any atom is 0.319 e. The number of carbonyl (C=O) groups is 2. The highest BCUT2D eigenvalue weighted by Gasteiger charge is 2.35. The first kappa shape index (κ1) is 20.3. The lowest BCUT2D eigenvalue weighted by Gasteiger charge is -2.22. The number of nitrogens with zero attached hydrogens (tertiary/aromatic N) is 1. The monoisotopic (exact) mass is 354 g/mol. The number of hydrogen-bond acceptors (Lipinski definition) is 3. The zero-order valence-electron chi connectivity index (χ0n) is 14.5. The highest BCUT2D eigenvalue weighted by molar-refractivity contribution is 5.95. The molecule has 0 saturated carbocycles. The van der Waals surface area contributed by atoms with Gasteiger partial charge in [0, 0.05) is 30.4 Å². The summed E-state index contributed by atoms with van der Waals surface area (Å²) in [6.45, 7) is 7.92. The fraction of sp³-hybridized carbons (Fsp3) is 0.529. The van der Waals surface area contributed by atoms with Gasteiger partial charge in [-0.15, -0.1) is 12.4 Å². The molecule has 0 radical (unpaired) electrons. The Hall–Kier alpha value is -1.79. The van der Waals surface area contributed by atoms with Gasteiger partial charge in [-0.05, 0) is 56.5 Å². The summed E-state index contributed by atoms with van der Waals surface area (Å²) in [5.41, 5.74) is 7.09. The number of benzene rings is 1. The van der Waals surface area contributed by atoms with Crippen LogP contribution < -0.4 is 16.4 Å². The summed E-state index contributed by atoms with van der Waals surface area (Å²) < 4.78 is 0. The molecule has 1 heterocycles. The minimum Gasteiger partial charge on any atom is -0.338 e. The molecule has 1 fully saturated rings. The van der Waals surface area contributed by atoms with E-state index in [1.165, 1.54) is 0 Å². The zero-order chi connectivity index (χ0) is 17.0. The van der Waals surface area contributed by atoms with E-state index in [1.807, 2.05) is 18.7 Å². The van der Waals surface area contributed by atoms with Gasteiger partial charge >= 0.3 is 6.03 Å². The van der Waals surface area contributed by atoms with Crippen molar-refractivity contribution in [2.45, 2.75) is 33.2 Å². The zero-order valence-corrected chi connectivity index (χ0v) is 15.3. The van der Waals surface area contributed by atoms with E-state index in [-0.39, 0.29) is 35.8 Å². The molecule has 0 aromatic heterocycles. The third-order valence-corrected chi connectivity index (χ3v) is 4.15. The van der Waals surface area contributed by atoms with Crippen LogP contribution in [0.25, 0.3) is 0 Å². The normalized spacial score (nSPS) is 19.8. The summed E-state index contributed by atoms with van der Waals surface area (Å²) in [6, 6.07) is 6.79. The Balaban J connectivity index is 0.00000288. The highest BCUT2D eigenvalue weighted by Crippen LogP contribution is 2.29. The van der Waals surface area contributed by atoms with Crippen molar-refractivity contribution < 1.29 is 9.59 Å². The van der Waals surface area contributed by atoms with E-state index in [1.54, 1.807) is 24.3 Å². The molecule has 0 spiro atoms. The first-order chi connectivity index (χ1) is 10.8. The molecule has 1 aliphatic heterocycles.